The number of ketones is 1. The van der Waals surface area contributed by atoms with Gasteiger partial charge in [0.25, 0.3) is 0 Å². The second-order valence-electron chi connectivity index (χ2n) is 10.6. The van der Waals surface area contributed by atoms with Gasteiger partial charge in [-0.05, 0) is 73.3 Å². The Morgan fingerprint density at radius 1 is 1.23 bits per heavy atom. The smallest absolute Gasteiger partial charge is 0.450 e. The van der Waals surface area contributed by atoms with Crippen LogP contribution in [0, 0.1) is 34.5 Å². The molecule has 166 valence electrons. The van der Waals surface area contributed by atoms with Gasteiger partial charge in [-0.25, -0.2) is 4.79 Å². The molecule has 3 saturated carbocycles. The topological polar surface area (TPSA) is 83.8 Å². The molecular weight excluding hydrogens is 380 g/mol. The molecule has 7 atom stereocenters. The number of carboxylic acid groups (broad SMARTS) is 1. The summed E-state index contributed by atoms with van der Waals surface area (Å²) in [5.41, 5.74) is 0.163. The molecule has 0 heterocycles. The summed E-state index contributed by atoms with van der Waals surface area (Å²) in [4.78, 5) is 22.9. The molecule has 0 bridgehead atoms. The van der Waals surface area contributed by atoms with Gasteiger partial charge in [-0.1, -0.05) is 45.3 Å². The van der Waals surface area contributed by atoms with E-state index in [2.05, 4.69) is 26.8 Å². The summed E-state index contributed by atoms with van der Waals surface area (Å²) in [5, 5.41) is 20.5. The molecule has 5 nitrogen and oxygen atoms in total. The van der Waals surface area contributed by atoms with E-state index < -0.39 is 11.8 Å². The molecule has 2 N–H and O–H groups in total. The van der Waals surface area contributed by atoms with Crippen LogP contribution in [0.15, 0.2) is 23.8 Å². The monoisotopic (exact) mass is 416 g/mol. The number of hydrogen-bond acceptors (Lipinski definition) is 4. The molecule has 0 spiro atoms. The molecule has 0 amide bonds. The number of allylic oxidation sites excluding steroid dienone is 4. The quantitative estimate of drug-likeness (QED) is 0.607. The van der Waals surface area contributed by atoms with Crippen LogP contribution in [0.5, 0.6) is 0 Å². The van der Waals surface area contributed by atoms with Crippen molar-refractivity contribution in [1.29, 1.82) is 0 Å². The highest BCUT2D eigenvalue weighted by molar-refractivity contribution is 6.01. The molecule has 0 aromatic rings. The summed E-state index contributed by atoms with van der Waals surface area (Å²) >= 11 is 0. The number of fused-ring (bicyclic) bond motifs is 5. The summed E-state index contributed by atoms with van der Waals surface area (Å²) in [6.45, 7) is 6.83. The van der Waals surface area contributed by atoms with Crippen LogP contribution in [0.4, 0.5) is 4.79 Å². The summed E-state index contributed by atoms with van der Waals surface area (Å²) in [5.74, 6) is 2.10. The summed E-state index contributed by atoms with van der Waals surface area (Å²) in [6.07, 6.45) is 11.8. The average molecular weight is 417 g/mol. The normalized spacial score (nSPS) is 44.7. The number of hydrogen-bond donors (Lipinski definition) is 2. The first-order chi connectivity index (χ1) is 14.1. The first-order valence-corrected chi connectivity index (χ1v) is 11.7. The van der Waals surface area contributed by atoms with E-state index >= 15 is 0 Å². The van der Waals surface area contributed by atoms with Crippen molar-refractivity contribution >= 4 is 11.9 Å². The molecule has 4 rings (SSSR count). The van der Waals surface area contributed by atoms with Crippen LogP contribution in [0.25, 0.3) is 0 Å². The Hall–Kier alpha value is -1.62. The van der Waals surface area contributed by atoms with E-state index in [4.69, 9.17) is 9.84 Å². The third kappa shape index (κ3) is 3.16. The molecule has 5 heteroatoms. The minimum Gasteiger partial charge on any atom is -0.450 e. The van der Waals surface area contributed by atoms with Crippen molar-refractivity contribution in [3.8, 4) is 0 Å². The fraction of sp³-hybridized carbons (Fsp3) is 0.760. The Bertz CT molecular complexity index is 784. The number of carbonyl (C=O) groups is 2. The van der Waals surface area contributed by atoms with Gasteiger partial charge in [0.15, 0.2) is 5.78 Å². The van der Waals surface area contributed by atoms with E-state index in [0.29, 0.717) is 36.5 Å². The van der Waals surface area contributed by atoms with Crippen molar-refractivity contribution in [1.82, 2.24) is 0 Å². The van der Waals surface area contributed by atoms with Crippen LogP contribution in [0.2, 0.25) is 0 Å². The lowest BCUT2D eigenvalue weighted by Gasteiger charge is -2.60. The zero-order valence-electron chi connectivity index (χ0n) is 18.5. The van der Waals surface area contributed by atoms with Crippen molar-refractivity contribution in [2.24, 2.45) is 34.5 Å². The molecule has 4 aliphatic rings. The van der Waals surface area contributed by atoms with Crippen molar-refractivity contribution in [2.75, 3.05) is 6.61 Å². The standard InChI is InChI=1S/C25H36O5/c1-4-5-16-14-17-15-18(26)6-9-23(17,2)19-7-10-24(3)20(21(16)19)8-11-25(24,29)12-13-30-22(27)28/h6,9,15-16,19-21,29H,4-5,7-8,10-14H2,1-3H3,(H,27,28)/t16-,19+,20+,21-,23+,24+,25-/m1/s1. The van der Waals surface area contributed by atoms with Crippen LogP contribution >= 0.6 is 0 Å². The maximum atomic E-state index is 12.1. The second kappa shape index (κ2) is 7.51. The van der Waals surface area contributed by atoms with Gasteiger partial charge in [0.05, 0.1) is 12.2 Å². The molecule has 3 fully saturated rings. The van der Waals surface area contributed by atoms with Crippen LogP contribution in [0.1, 0.15) is 72.1 Å². The maximum Gasteiger partial charge on any atom is 0.505 e. The predicted octanol–water partition coefficient (Wildman–Crippen LogP) is 5.14. The third-order valence-electron chi connectivity index (χ3n) is 9.45. The summed E-state index contributed by atoms with van der Waals surface area (Å²) in [7, 11) is 0. The van der Waals surface area contributed by atoms with Crippen molar-refractivity contribution in [3.05, 3.63) is 23.8 Å². The van der Waals surface area contributed by atoms with Crippen molar-refractivity contribution < 1.29 is 24.5 Å². The highest BCUT2D eigenvalue weighted by atomic mass is 16.7. The van der Waals surface area contributed by atoms with Crippen LogP contribution in [-0.2, 0) is 9.53 Å². The Morgan fingerprint density at radius 2 is 1.97 bits per heavy atom. The van der Waals surface area contributed by atoms with Gasteiger partial charge >= 0.3 is 6.16 Å². The number of rotatable bonds is 5. The van der Waals surface area contributed by atoms with Gasteiger partial charge in [0.2, 0.25) is 0 Å². The minimum absolute atomic E-state index is 0.0517. The molecule has 0 unspecified atom stereocenters. The minimum atomic E-state index is -1.27. The van der Waals surface area contributed by atoms with Crippen molar-refractivity contribution in [2.45, 2.75) is 77.7 Å². The Kier molecular flexibility index (Phi) is 5.41. The molecule has 0 aliphatic heterocycles. The van der Waals surface area contributed by atoms with Gasteiger partial charge in [-0.3, -0.25) is 4.79 Å². The van der Waals surface area contributed by atoms with Gasteiger partial charge in [-0.2, -0.15) is 0 Å². The summed E-state index contributed by atoms with van der Waals surface area (Å²) < 4.78 is 4.76. The van der Waals surface area contributed by atoms with Crippen LogP contribution in [-0.4, -0.2) is 34.4 Å². The number of aliphatic hydroxyl groups is 1. The van der Waals surface area contributed by atoms with Gasteiger partial charge in [0.1, 0.15) is 0 Å². The molecule has 4 aliphatic carbocycles. The largest absolute Gasteiger partial charge is 0.505 e. The lowest BCUT2D eigenvalue weighted by Crippen LogP contribution is -2.56. The molecule has 30 heavy (non-hydrogen) atoms. The number of carbonyl (C=O) groups excluding carboxylic acids is 1. The average Bonchev–Trinajstić information content (AvgIpc) is 2.94. The van der Waals surface area contributed by atoms with Gasteiger partial charge < -0.3 is 14.9 Å². The molecule has 0 radical (unpaired) electrons. The van der Waals surface area contributed by atoms with E-state index in [9.17, 15) is 14.7 Å². The van der Waals surface area contributed by atoms with E-state index in [1.165, 1.54) is 5.57 Å². The first-order valence-electron chi connectivity index (χ1n) is 11.7. The summed E-state index contributed by atoms with van der Waals surface area (Å²) in [6, 6.07) is 0. The van der Waals surface area contributed by atoms with Crippen LogP contribution in [0.3, 0.4) is 0 Å². The zero-order valence-corrected chi connectivity index (χ0v) is 18.5. The molecular formula is C25H36O5. The molecule has 0 saturated heterocycles. The highest BCUT2D eigenvalue weighted by Gasteiger charge is 2.64. The maximum absolute atomic E-state index is 12.1. The Morgan fingerprint density at radius 3 is 2.67 bits per heavy atom. The second-order valence-corrected chi connectivity index (χ2v) is 10.6. The van der Waals surface area contributed by atoms with Crippen molar-refractivity contribution in [3.63, 3.8) is 0 Å². The zero-order chi connectivity index (χ0) is 21.7. The Balaban J connectivity index is 1.65. The van der Waals surface area contributed by atoms with E-state index in [1.807, 2.05) is 6.08 Å². The van der Waals surface area contributed by atoms with E-state index in [1.54, 1.807) is 6.08 Å². The Labute approximate surface area is 179 Å². The number of ether oxygens (including phenoxy) is 1. The lowest BCUT2D eigenvalue weighted by atomic mass is 9.44. The first kappa shape index (κ1) is 21.6. The molecule has 0 aromatic carbocycles. The van der Waals surface area contributed by atoms with E-state index in [-0.39, 0.29) is 23.2 Å². The fourth-order valence-corrected chi connectivity index (χ4v) is 7.84. The van der Waals surface area contributed by atoms with Gasteiger partial charge in [-0.15, -0.1) is 0 Å². The van der Waals surface area contributed by atoms with E-state index in [0.717, 1.165) is 38.5 Å². The molecule has 0 aromatic heterocycles. The fourth-order valence-electron chi connectivity index (χ4n) is 7.84. The SMILES string of the molecule is CCC[C@@H]1CC2=CC(=O)C=C[C@]2(C)[C@H]2CC[C@@]3(C)[C@@H](CC[C@@]3(O)CCOC(=O)O)[C@H]12. The lowest BCUT2D eigenvalue weighted by molar-refractivity contribution is -0.140. The highest BCUT2D eigenvalue weighted by Crippen LogP contribution is 2.69. The van der Waals surface area contributed by atoms with Gasteiger partial charge in [0, 0.05) is 11.8 Å². The predicted molar refractivity (Wildman–Crippen MR) is 114 cm³/mol. The van der Waals surface area contributed by atoms with Crippen LogP contribution < -0.4 is 0 Å². The third-order valence-corrected chi connectivity index (χ3v) is 9.45.